The van der Waals surface area contributed by atoms with Gasteiger partial charge in [0.15, 0.2) is 11.5 Å². The van der Waals surface area contributed by atoms with Crippen LogP contribution in [0.1, 0.15) is 5.56 Å². The fourth-order valence-corrected chi connectivity index (χ4v) is 1.75. The summed E-state index contributed by atoms with van der Waals surface area (Å²) in [6.07, 6.45) is 1.78. The van der Waals surface area contributed by atoms with Gasteiger partial charge in [0, 0.05) is 6.08 Å². The first kappa shape index (κ1) is 14.8. The molecule has 1 aromatic carbocycles. The lowest BCUT2D eigenvalue weighted by Crippen LogP contribution is -1.99. The molecule has 0 amide bonds. The summed E-state index contributed by atoms with van der Waals surface area (Å²) < 4.78 is 9.92. The molecule has 0 aromatic heterocycles. The number of halogens is 1. The monoisotopic (exact) mass is 287 g/mol. The molecule has 0 saturated heterocycles. The second kappa shape index (κ2) is 6.05. The molecule has 0 unspecified atom stereocenters. The summed E-state index contributed by atoms with van der Waals surface area (Å²) in [7, 11) is 2.63. The molecule has 0 radical (unpaired) electrons. The van der Waals surface area contributed by atoms with E-state index < -0.39 is 10.9 Å². The lowest BCUT2D eigenvalue weighted by molar-refractivity contribution is -0.385. The van der Waals surface area contributed by atoms with Crippen molar-refractivity contribution in [2.45, 2.75) is 0 Å². The summed E-state index contributed by atoms with van der Waals surface area (Å²) in [4.78, 5) is 20.8. The van der Waals surface area contributed by atoms with Crippen LogP contribution in [0.5, 0.6) is 11.5 Å². The molecule has 0 heterocycles. The number of hydrogen-bond acceptors (Lipinski definition) is 5. The molecule has 0 atom stereocenters. The molecule has 0 fully saturated rings. The van der Waals surface area contributed by atoms with Crippen LogP contribution in [-0.4, -0.2) is 30.2 Å². The molecule has 19 heavy (non-hydrogen) atoms. The lowest BCUT2D eigenvalue weighted by Gasteiger charge is -2.11. The van der Waals surface area contributed by atoms with Gasteiger partial charge in [-0.3, -0.25) is 10.1 Å². The van der Waals surface area contributed by atoms with Crippen molar-refractivity contribution in [1.82, 2.24) is 0 Å². The van der Waals surface area contributed by atoms with Crippen LogP contribution in [0.25, 0.3) is 6.08 Å². The van der Waals surface area contributed by atoms with E-state index in [1.165, 1.54) is 14.2 Å². The Morgan fingerprint density at radius 1 is 1.47 bits per heavy atom. The van der Waals surface area contributed by atoms with Gasteiger partial charge in [0.1, 0.15) is 5.02 Å². The maximum atomic E-state index is 11.0. The zero-order valence-electron chi connectivity index (χ0n) is 10.0. The minimum absolute atomic E-state index is 0.0632. The summed E-state index contributed by atoms with van der Waals surface area (Å²) in [6.45, 7) is 0. The van der Waals surface area contributed by atoms with Crippen molar-refractivity contribution >= 4 is 29.3 Å². The van der Waals surface area contributed by atoms with Crippen molar-refractivity contribution in [3.63, 3.8) is 0 Å². The van der Waals surface area contributed by atoms with E-state index in [0.717, 1.165) is 18.2 Å². The van der Waals surface area contributed by atoms with Crippen molar-refractivity contribution in [3.05, 3.63) is 32.8 Å². The first-order chi connectivity index (χ1) is 8.92. The number of aliphatic carboxylic acids is 1. The van der Waals surface area contributed by atoms with Gasteiger partial charge < -0.3 is 14.6 Å². The molecule has 1 aromatic rings. The quantitative estimate of drug-likeness (QED) is 0.507. The number of hydrogen-bond donors (Lipinski definition) is 1. The Kier molecular flexibility index (Phi) is 4.71. The summed E-state index contributed by atoms with van der Waals surface area (Å²) >= 11 is 5.97. The Morgan fingerprint density at radius 2 is 2.11 bits per heavy atom. The highest BCUT2D eigenvalue weighted by Crippen LogP contribution is 2.43. The normalized spacial score (nSPS) is 10.5. The fraction of sp³-hybridized carbons (Fsp3) is 0.182. The number of carbonyl (C=O) groups is 1. The molecule has 1 N–H and O–H groups in total. The van der Waals surface area contributed by atoms with Gasteiger partial charge in [0.05, 0.1) is 30.8 Å². The van der Waals surface area contributed by atoms with Crippen molar-refractivity contribution in [1.29, 1.82) is 0 Å². The predicted molar refractivity (Wildman–Crippen MR) is 67.9 cm³/mol. The molecule has 1 rings (SSSR count). The van der Waals surface area contributed by atoms with Crippen LogP contribution in [0.4, 0.5) is 5.69 Å². The number of benzene rings is 1. The van der Waals surface area contributed by atoms with Gasteiger partial charge in [-0.15, -0.1) is 0 Å². The molecule has 0 spiro atoms. The highest BCUT2D eigenvalue weighted by Gasteiger charge is 2.23. The highest BCUT2D eigenvalue weighted by molar-refractivity contribution is 6.34. The Labute approximate surface area is 113 Å². The van der Waals surface area contributed by atoms with Gasteiger partial charge >= 0.3 is 5.97 Å². The summed E-state index contributed by atoms with van der Waals surface area (Å²) in [6, 6.07) is 1.12. The van der Waals surface area contributed by atoms with E-state index in [0.29, 0.717) is 0 Å². The third-order valence-corrected chi connectivity index (χ3v) is 2.59. The summed E-state index contributed by atoms with van der Waals surface area (Å²) in [5.41, 5.74) is -0.438. The van der Waals surface area contributed by atoms with Crippen LogP contribution in [0.2, 0.25) is 5.02 Å². The van der Waals surface area contributed by atoms with E-state index in [1.54, 1.807) is 0 Å². The predicted octanol–water partition coefficient (Wildman–Crippen LogP) is 2.36. The average Bonchev–Trinajstić information content (AvgIpc) is 2.35. The molecule has 0 aliphatic rings. The van der Waals surface area contributed by atoms with Crippen molar-refractivity contribution in [2.24, 2.45) is 0 Å². The van der Waals surface area contributed by atoms with Gasteiger partial charge in [-0.2, -0.15) is 0 Å². The number of rotatable bonds is 5. The maximum Gasteiger partial charge on any atom is 0.328 e. The number of nitro groups is 1. The van der Waals surface area contributed by atoms with Gasteiger partial charge in [0.2, 0.25) is 0 Å². The SMILES string of the molecule is COc1cc([N+](=O)[O-])c(/C=C/C(=O)O)c(Cl)c1OC. The van der Waals surface area contributed by atoms with E-state index in [4.69, 9.17) is 26.2 Å². The summed E-state index contributed by atoms with van der Waals surface area (Å²) in [5, 5.41) is 19.4. The van der Waals surface area contributed by atoms with Gasteiger partial charge in [-0.05, 0) is 6.08 Å². The second-order valence-corrected chi connectivity index (χ2v) is 3.67. The van der Waals surface area contributed by atoms with Gasteiger partial charge in [-0.25, -0.2) is 4.79 Å². The standard InChI is InChI=1S/C11H10ClNO6/c1-18-8-5-7(13(16)17)6(3-4-9(14)15)10(12)11(8)19-2/h3-5H,1-2H3,(H,14,15)/b4-3+. The number of carboxylic acid groups (broad SMARTS) is 1. The van der Waals surface area contributed by atoms with Crippen LogP contribution in [-0.2, 0) is 4.79 Å². The molecule has 102 valence electrons. The first-order valence-corrected chi connectivity index (χ1v) is 5.30. The fourth-order valence-electron chi connectivity index (χ4n) is 1.42. The average molecular weight is 288 g/mol. The maximum absolute atomic E-state index is 11.0. The molecule has 0 aliphatic carbocycles. The number of ether oxygens (including phenoxy) is 2. The number of carboxylic acids is 1. The third kappa shape index (κ3) is 3.14. The van der Waals surface area contributed by atoms with Crippen LogP contribution < -0.4 is 9.47 Å². The molecule has 0 bridgehead atoms. The van der Waals surface area contributed by atoms with Gasteiger partial charge in [-0.1, -0.05) is 11.6 Å². The van der Waals surface area contributed by atoms with E-state index in [1.807, 2.05) is 0 Å². The van der Waals surface area contributed by atoms with E-state index >= 15 is 0 Å². The number of nitro benzene ring substituents is 1. The van der Waals surface area contributed by atoms with Crippen LogP contribution >= 0.6 is 11.6 Å². The Hall–Kier alpha value is -2.28. The number of nitrogens with zero attached hydrogens (tertiary/aromatic N) is 1. The molecule has 0 saturated carbocycles. The number of methoxy groups -OCH3 is 2. The topological polar surface area (TPSA) is 98.9 Å². The summed E-state index contributed by atoms with van der Waals surface area (Å²) in [5.74, 6) is -1.06. The van der Waals surface area contributed by atoms with Gasteiger partial charge in [0.25, 0.3) is 5.69 Å². The molecule has 8 heteroatoms. The lowest BCUT2D eigenvalue weighted by atomic mass is 10.1. The minimum Gasteiger partial charge on any atom is -0.493 e. The Bertz CT molecular complexity index is 555. The Balaban J connectivity index is 3.57. The minimum atomic E-state index is -1.25. The van der Waals surface area contributed by atoms with E-state index in [2.05, 4.69) is 0 Å². The van der Waals surface area contributed by atoms with Crippen molar-refractivity contribution in [3.8, 4) is 11.5 Å². The Morgan fingerprint density at radius 3 is 2.53 bits per heavy atom. The van der Waals surface area contributed by atoms with E-state index in [-0.39, 0.29) is 27.8 Å². The molecular weight excluding hydrogens is 278 g/mol. The molecular formula is C11H10ClNO6. The first-order valence-electron chi connectivity index (χ1n) is 4.92. The van der Waals surface area contributed by atoms with Crippen molar-refractivity contribution in [2.75, 3.05) is 14.2 Å². The third-order valence-electron chi connectivity index (χ3n) is 2.22. The smallest absolute Gasteiger partial charge is 0.328 e. The van der Waals surface area contributed by atoms with E-state index in [9.17, 15) is 14.9 Å². The largest absolute Gasteiger partial charge is 0.493 e. The van der Waals surface area contributed by atoms with Crippen LogP contribution in [0.15, 0.2) is 12.1 Å². The molecule has 0 aliphatic heterocycles. The second-order valence-electron chi connectivity index (χ2n) is 3.29. The van der Waals surface area contributed by atoms with Crippen LogP contribution in [0.3, 0.4) is 0 Å². The van der Waals surface area contributed by atoms with Crippen LogP contribution in [0, 0.1) is 10.1 Å². The zero-order valence-corrected chi connectivity index (χ0v) is 10.8. The van der Waals surface area contributed by atoms with Crippen molar-refractivity contribution < 1.29 is 24.3 Å². The zero-order chi connectivity index (χ0) is 14.6. The molecule has 7 nitrogen and oxygen atoms in total. The highest BCUT2D eigenvalue weighted by atomic mass is 35.5.